The third kappa shape index (κ3) is 3.22. The topological polar surface area (TPSA) is 67.2 Å². The molecular formula is C13H16F3N3O. The maximum absolute atomic E-state index is 12.8. The molecule has 0 unspecified atom stereocenters. The molecular weight excluding hydrogens is 271 g/mol. The molecule has 4 nitrogen and oxygen atoms in total. The molecule has 7 heteroatoms. The lowest BCUT2D eigenvalue weighted by Gasteiger charge is -2.15. The number of hydrogen-bond acceptors (Lipinski definition) is 3. The van der Waals surface area contributed by atoms with Crippen LogP contribution < -0.4 is 16.6 Å². The van der Waals surface area contributed by atoms with Crippen molar-refractivity contribution in [2.75, 3.05) is 12.0 Å². The van der Waals surface area contributed by atoms with Gasteiger partial charge in [0, 0.05) is 12.1 Å². The molecule has 1 aromatic rings. The number of halogens is 3. The predicted molar refractivity (Wildman–Crippen MR) is 68.9 cm³/mol. The summed E-state index contributed by atoms with van der Waals surface area (Å²) in [5.41, 5.74) is 0.840. The fourth-order valence-electron chi connectivity index (χ4n) is 1.83. The van der Waals surface area contributed by atoms with Crippen LogP contribution in [0, 0.1) is 5.41 Å². The molecule has 0 saturated heterocycles. The highest BCUT2D eigenvalue weighted by Gasteiger charge is 2.38. The second-order valence-corrected chi connectivity index (χ2v) is 5.40. The van der Waals surface area contributed by atoms with Gasteiger partial charge in [-0.1, -0.05) is 6.92 Å². The van der Waals surface area contributed by atoms with Gasteiger partial charge in [0.2, 0.25) is 0 Å². The monoisotopic (exact) mass is 287 g/mol. The second kappa shape index (κ2) is 4.97. The van der Waals surface area contributed by atoms with Crippen molar-refractivity contribution in [3.05, 3.63) is 29.3 Å². The van der Waals surface area contributed by atoms with Crippen LogP contribution >= 0.6 is 0 Å². The van der Waals surface area contributed by atoms with E-state index in [0.717, 1.165) is 25.0 Å². The Morgan fingerprint density at radius 2 is 2.05 bits per heavy atom. The minimum absolute atomic E-state index is 0.0272. The van der Waals surface area contributed by atoms with Gasteiger partial charge in [-0.05, 0) is 36.5 Å². The van der Waals surface area contributed by atoms with Crippen LogP contribution in [0.2, 0.25) is 0 Å². The largest absolute Gasteiger partial charge is 0.418 e. The van der Waals surface area contributed by atoms with Crippen molar-refractivity contribution in [3.8, 4) is 0 Å². The van der Waals surface area contributed by atoms with E-state index in [9.17, 15) is 18.0 Å². The van der Waals surface area contributed by atoms with E-state index >= 15 is 0 Å². The van der Waals surface area contributed by atoms with E-state index in [-0.39, 0.29) is 16.7 Å². The summed E-state index contributed by atoms with van der Waals surface area (Å²) >= 11 is 0. The third-order valence-electron chi connectivity index (χ3n) is 3.52. The first-order valence-corrected chi connectivity index (χ1v) is 6.21. The Morgan fingerprint density at radius 1 is 1.40 bits per heavy atom. The fraction of sp³-hybridized carbons (Fsp3) is 0.462. The summed E-state index contributed by atoms with van der Waals surface area (Å²) in [7, 11) is 0. The summed E-state index contributed by atoms with van der Waals surface area (Å²) in [6, 6.07) is 3.27. The zero-order valence-electron chi connectivity index (χ0n) is 11.0. The standard InChI is InChI=1S/C13H16F3N3O/c1-12(4-5-12)7-18-11(20)8-2-3-10(19-17)9(6-8)13(14,15)16/h2-3,6,19H,4-5,7,17H2,1H3,(H,18,20). The van der Waals surface area contributed by atoms with Crippen molar-refractivity contribution < 1.29 is 18.0 Å². The van der Waals surface area contributed by atoms with E-state index in [1.54, 1.807) is 0 Å². The van der Waals surface area contributed by atoms with Gasteiger partial charge in [0.25, 0.3) is 5.91 Å². The van der Waals surface area contributed by atoms with Crippen LogP contribution in [0.15, 0.2) is 18.2 Å². The molecule has 0 bridgehead atoms. The normalized spacial score (nSPS) is 16.6. The van der Waals surface area contributed by atoms with Gasteiger partial charge in [-0.25, -0.2) is 0 Å². The highest BCUT2D eigenvalue weighted by atomic mass is 19.4. The number of rotatable bonds is 4. The summed E-state index contributed by atoms with van der Waals surface area (Å²) in [5.74, 6) is 4.54. The number of carbonyl (C=O) groups is 1. The first-order chi connectivity index (χ1) is 9.25. The number of nitrogens with two attached hydrogens (primary N) is 1. The van der Waals surface area contributed by atoms with Crippen LogP contribution in [0.25, 0.3) is 0 Å². The average molecular weight is 287 g/mol. The number of amides is 1. The van der Waals surface area contributed by atoms with E-state index < -0.39 is 17.6 Å². The van der Waals surface area contributed by atoms with E-state index in [1.165, 1.54) is 6.07 Å². The molecule has 2 rings (SSSR count). The Hall–Kier alpha value is -1.76. The molecule has 0 radical (unpaired) electrons. The number of nitrogen functional groups attached to an aromatic ring is 1. The lowest BCUT2D eigenvalue weighted by atomic mass is 10.1. The van der Waals surface area contributed by atoms with Crippen molar-refractivity contribution in [1.29, 1.82) is 0 Å². The summed E-state index contributed by atoms with van der Waals surface area (Å²) in [6.45, 7) is 2.50. The molecule has 20 heavy (non-hydrogen) atoms. The Balaban J connectivity index is 2.17. The quantitative estimate of drug-likeness (QED) is 0.589. The van der Waals surface area contributed by atoms with Crippen LogP contribution in [0.5, 0.6) is 0 Å². The molecule has 0 aliphatic heterocycles. The first-order valence-electron chi connectivity index (χ1n) is 6.21. The van der Waals surface area contributed by atoms with E-state index in [1.807, 2.05) is 12.3 Å². The molecule has 0 heterocycles. The average Bonchev–Trinajstić information content (AvgIpc) is 3.13. The molecule has 110 valence electrons. The van der Waals surface area contributed by atoms with Crippen molar-refractivity contribution in [3.63, 3.8) is 0 Å². The highest BCUT2D eigenvalue weighted by Crippen LogP contribution is 2.44. The van der Waals surface area contributed by atoms with Crippen LogP contribution in [-0.4, -0.2) is 12.5 Å². The lowest BCUT2D eigenvalue weighted by Crippen LogP contribution is -2.29. The number of alkyl halides is 3. The Bertz CT molecular complexity index is 524. The number of carbonyl (C=O) groups excluding carboxylic acids is 1. The summed E-state index contributed by atoms with van der Waals surface area (Å²) < 4.78 is 38.5. The van der Waals surface area contributed by atoms with Gasteiger partial charge in [0.1, 0.15) is 0 Å². The van der Waals surface area contributed by atoms with Gasteiger partial charge in [-0.15, -0.1) is 0 Å². The number of hydrazine groups is 1. The van der Waals surface area contributed by atoms with Crippen molar-refractivity contribution in [2.45, 2.75) is 25.9 Å². The summed E-state index contributed by atoms with van der Waals surface area (Å²) in [4.78, 5) is 11.9. The number of hydrogen-bond donors (Lipinski definition) is 3. The number of anilines is 1. The minimum Gasteiger partial charge on any atom is -0.351 e. The van der Waals surface area contributed by atoms with Crippen molar-refractivity contribution in [1.82, 2.24) is 5.32 Å². The summed E-state index contributed by atoms with van der Waals surface area (Å²) in [6.07, 6.45) is -2.52. The lowest BCUT2D eigenvalue weighted by molar-refractivity contribution is -0.137. The molecule has 1 aromatic carbocycles. The minimum atomic E-state index is -4.57. The van der Waals surface area contributed by atoms with Crippen LogP contribution in [0.1, 0.15) is 35.7 Å². The zero-order valence-corrected chi connectivity index (χ0v) is 11.0. The van der Waals surface area contributed by atoms with Gasteiger partial charge >= 0.3 is 6.18 Å². The molecule has 0 atom stereocenters. The maximum atomic E-state index is 12.8. The SMILES string of the molecule is CC1(CNC(=O)c2ccc(NN)c(C(F)(F)F)c2)CC1. The molecule has 1 amide bonds. The Labute approximate surface area is 114 Å². The Morgan fingerprint density at radius 3 is 2.55 bits per heavy atom. The Kier molecular flexibility index (Phi) is 3.64. The van der Waals surface area contributed by atoms with Gasteiger partial charge in [-0.3, -0.25) is 10.6 Å². The number of nitrogens with one attached hydrogen (secondary N) is 2. The molecule has 1 saturated carbocycles. The van der Waals surface area contributed by atoms with E-state index in [0.29, 0.717) is 6.54 Å². The number of benzene rings is 1. The van der Waals surface area contributed by atoms with Crippen LogP contribution in [-0.2, 0) is 6.18 Å². The van der Waals surface area contributed by atoms with Gasteiger partial charge in [0.05, 0.1) is 11.3 Å². The second-order valence-electron chi connectivity index (χ2n) is 5.40. The van der Waals surface area contributed by atoms with E-state index in [4.69, 9.17) is 5.84 Å². The van der Waals surface area contributed by atoms with E-state index in [2.05, 4.69) is 5.32 Å². The molecule has 0 spiro atoms. The zero-order chi connectivity index (χ0) is 15.0. The maximum Gasteiger partial charge on any atom is 0.418 e. The molecule has 1 fully saturated rings. The molecule has 1 aliphatic rings. The molecule has 1 aliphatic carbocycles. The van der Waals surface area contributed by atoms with Gasteiger partial charge in [0.15, 0.2) is 0 Å². The predicted octanol–water partition coefficient (Wildman–Crippen LogP) is 2.52. The van der Waals surface area contributed by atoms with Crippen molar-refractivity contribution >= 4 is 11.6 Å². The van der Waals surface area contributed by atoms with Crippen LogP contribution in [0.4, 0.5) is 18.9 Å². The third-order valence-corrected chi connectivity index (χ3v) is 3.52. The summed E-state index contributed by atoms with van der Waals surface area (Å²) in [5, 5.41) is 2.66. The fourth-order valence-corrected chi connectivity index (χ4v) is 1.83. The molecule has 0 aromatic heterocycles. The van der Waals surface area contributed by atoms with Crippen molar-refractivity contribution in [2.24, 2.45) is 11.3 Å². The van der Waals surface area contributed by atoms with Gasteiger partial charge in [-0.2, -0.15) is 13.2 Å². The molecule has 4 N–H and O–H groups in total. The first kappa shape index (κ1) is 14.6. The highest BCUT2D eigenvalue weighted by molar-refractivity contribution is 5.95. The van der Waals surface area contributed by atoms with Crippen LogP contribution in [0.3, 0.4) is 0 Å². The smallest absolute Gasteiger partial charge is 0.351 e. The van der Waals surface area contributed by atoms with Gasteiger partial charge < -0.3 is 10.7 Å².